The van der Waals surface area contributed by atoms with Crippen LogP contribution in [0.2, 0.25) is 0 Å². The predicted octanol–water partition coefficient (Wildman–Crippen LogP) is 2.37. The van der Waals surface area contributed by atoms with E-state index in [1.165, 1.54) is 11.1 Å². The Morgan fingerprint density at radius 1 is 1.21 bits per heavy atom. The third kappa shape index (κ3) is 3.13. The molecule has 1 rings (SSSR count). The van der Waals surface area contributed by atoms with Crippen LogP contribution in [0.3, 0.4) is 0 Å². The zero-order valence-electron chi connectivity index (χ0n) is 9.08. The summed E-state index contributed by atoms with van der Waals surface area (Å²) in [5.74, 6) is 0. The summed E-state index contributed by atoms with van der Waals surface area (Å²) in [6, 6.07) is 6.09. The molecule has 0 amide bonds. The highest BCUT2D eigenvalue weighted by Crippen LogP contribution is 2.16. The highest BCUT2D eigenvalue weighted by Gasteiger charge is 2.07. The molecule has 1 N–H and O–H groups in total. The van der Waals surface area contributed by atoms with E-state index in [1.807, 2.05) is 32.9 Å². The van der Waals surface area contributed by atoms with Crippen molar-refractivity contribution < 1.29 is 9.84 Å². The number of aryl methyl sites for hydroxylation is 2. The van der Waals surface area contributed by atoms with E-state index in [-0.39, 0.29) is 0 Å². The van der Waals surface area contributed by atoms with Crippen LogP contribution < -0.4 is 0 Å². The Hall–Kier alpha value is -0.860. The van der Waals surface area contributed by atoms with Crippen molar-refractivity contribution in [2.45, 2.75) is 26.9 Å². The van der Waals surface area contributed by atoms with Gasteiger partial charge >= 0.3 is 0 Å². The van der Waals surface area contributed by atoms with Gasteiger partial charge in [-0.05, 0) is 26.3 Å². The number of aliphatic hydroxyl groups is 1. The molecule has 0 saturated carbocycles. The van der Waals surface area contributed by atoms with Crippen molar-refractivity contribution in [1.82, 2.24) is 0 Å². The van der Waals surface area contributed by atoms with Gasteiger partial charge in [0.1, 0.15) is 6.10 Å². The zero-order chi connectivity index (χ0) is 10.6. The molecule has 1 unspecified atom stereocenters. The standard InChI is InChI=1S/C12H18O2/c1-4-14-8-12(13)11-6-9(2)5-10(3)7-11/h5-7,12-13H,4,8H2,1-3H3. The third-order valence-corrected chi connectivity index (χ3v) is 2.11. The number of ether oxygens (including phenoxy) is 1. The van der Waals surface area contributed by atoms with Crippen LogP contribution in [-0.2, 0) is 4.74 Å². The number of hydrogen-bond acceptors (Lipinski definition) is 2. The highest BCUT2D eigenvalue weighted by molar-refractivity contribution is 5.29. The maximum absolute atomic E-state index is 9.78. The average Bonchev–Trinajstić information content (AvgIpc) is 2.12. The van der Waals surface area contributed by atoms with Gasteiger partial charge in [0.05, 0.1) is 6.61 Å². The molecular formula is C12H18O2. The lowest BCUT2D eigenvalue weighted by atomic mass is 10.0. The second kappa shape index (κ2) is 5.13. The molecule has 1 aromatic carbocycles. The molecule has 2 nitrogen and oxygen atoms in total. The van der Waals surface area contributed by atoms with Crippen LogP contribution in [0.25, 0.3) is 0 Å². The van der Waals surface area contributed by atoms with E-state index in [1.54, 1.807) is 0 Å². The normalized spacial score (nSPS) is 12.9. The SMILES string of the molecule is CCOCC(O)c1cc(C)cc(C)c1. The molecule has 0 aliphatic carbocycles. The van der Waals surface area contributed by atoms with Crippen molar-refractivity contribution in [2.75, 3.05) is 13.2 Å². The first-order chi connectivity index (χ1) is 6.63. The van der Waals surface area contributed by atoms with Crippen LogP contribution >= 0.6 is 0 Å². The Kier molecular flexibility index (Phi) is 4.11. The molecule has 1 aromatic rings. The van der Waals surface area contributed by atoms with Crippen LogP contribution in [0.5, 0.6) is 0 Å². The molecule has 0 aliphatic rings. The fraction of sp³-hybridized carbons (Fsp3) is 0.500. The van der Waals surface area contributed by atoms with Gasteiger partial charge in [0, 0.05) is 6.61 Å². The van der Waals surface area contributed by atoms with Crippen LogP contribution in [0.4, 0.5) is 0 Å². The van der Waals surface area contributed by atoms with Crippen LogP contribution in [0.15, 0.2) is 18.2 Å². The lowest BCUT2D eigenvalue weighted by Gasteiger charge is -2.12. The Balaban J connectivity index is 2.73. The van der Waals surface area contributed by atoms with Gasteiger partial charge < -0.3 is 9.84 Å². The van der Waals surface area contributed by atoms with Gasteiger partial charge in [0.25, 0.3) is 0 Å². The number of rotatable bonds is 4. The van der Waals surface area contributed by atoms with E-state index >= 15 is 0 Å². The van der Waals surface area contributed by atoms with Crippen molar-refractivity contribution >= 4 is 0 Å². The second-order valence-electron chi connectivity index (χ2n) is 3.60. The van der Waals surface area contributed by atoms with Crippen molar-refractivity contribution in [1.29, 1.82) is 0 Å². The first kappa shape index (κ1) is 11.2. The molecule has 0 saturated heterocycles. The Bertz CT molecular complexity index is 274. The first-order valence-electron chi connectivity index (χ1n) is 4.97. The summed E-state index contributed by atoms with van der Waals surface area (Å²) < 4.78 is 5.18. The summed E-state index contributed by atoms with van der Waals surface area (Å²) in [6.07, 6.45) is -0.506. The summed E-state index contributed by atoms with van der Waals surface area (Å²) in [7, 11) is 0. The predicted molar refractivity (Wildman–Crippen MR) is 57.4 cm³/mol. The summed E-state index contributed by atoms with van der Waals surface area (Å²) in [6.45, 7) is 7.00. The van der Waals surface area contributed by atoms with Crippen LogP contribution in [-0.4, -0.2) is 18.3 Å². The van der Waals surface area contributed by atoms with E-state index in [4.69, 9.17) is 4.74 Å². The van der Waals surface area contributed by atoms with Gasteiger partial charge in [-0.15, -0.1) is 0 Å². The van der Waals surface area contributed by atoms with Crippen molar-refractivity contribution in [3.8, 4) is 0 Å². The maximum Gasteiger partial charge on any atom is 0.102 e. The second-order valence-corrected chi connectivity index (χ2v) is 3.60. The van der Waals surface area contributed by atoms with Gasteiger partial charge in [0.2, 0.25) is 0 Å². The lowest BCUT2D eigenvalue weighted by Crippen LogP contribution is -2.07. The van der Waals surface area contributed by atoms with E-state index in [9.17, 15) is 5.11 Å². The molecule has 0 heterocycles. The Morgan fingerprint density at radius 2 is 1.79 bits per heavy atom. The minimum Gasteiger partial charge on any atom is -0.386 e. The average molecular weight is 194 g/mol. The maximum atomic E-state index is 9.78. The monoisotopic (exact) mass is 194 g/mol. The molecule has 0 bridgehead atoms. The van der Waals surface area contributed by atoms with Crippen molar-refractivity contribution in [2.24, 2.45) is 0 Å². The molecule has 0 aromatic heterocycles. The van der Waals surface area contributed by atoms with Gasteiger partial charge in [0.15, 0.2) is 0 Å². The molecule has 0 spiro atoms. The number of benzene rings is 1. The topological polar surface area (TPSA) is 29.5 Å². The quantitative estimate of drug-likeness (QED) is 0.797. The summed E-state index contributed by atoms with van der Waals surface area (Å²) in [5.41, 5.74) is 3.29. The van der Waals surface area contributed by atoms with Gasteiger partial charge in [-0.25, -0.2) is 0 Å². The Morgan fingerprint density at radius 3 is 2.29 bits per heavy atom. The van der Waals surface area contributed by atoms with E-state index in [0.717, 1.165) is 5.56 Å². The minimum absolute atomic E-state index is 0.374. The lowest BCUT2D eigenvalue weighted by molar-refractivity contribution is 0.0420. The van der Waals surface area contributed by atoms with Crippen LogP contribution in [0, 0.1) is 13.8 Å². The molecule has 0 fully saturated rings. The first-order valence-corrected chi connectivity index (χ1v) is 4.97. The van der Waals surface area contributed by atoms with Gasteiger partial charge in [-0.1, -0.05) is 29.3 Å². The van der Waals surface area contributed by atoms with Crippen molar-refractivity contribution in [3.05, 3.63) is 34.9 Å². The highest BCUT2D eigenvalue weighted by atomic mass is 16.5. The minimum atomic E-state index is -0.506. The van der Waals surface area contributed by atoms with Crippen molar-refractivity contribution in [3.63, 3.8) is 0 Å². The summed E-state index contributed by atoms with van der Waals surface area (Å²) in [5, 5.41) is 9.78. The molecule has 0 aliphatic heterocycles. The third-order valence-electron chi connectivity index (χ3n) is 2.11. The van der Waals surface area contributed by atoms with Crippen LogP contribution in [0.1, 0.15) is 29.7 Å². The fourth-order valence-corrected chi connectivity index (χ4v) is 1.53. The molecule has 1 atom stereocenters. The molecule has 2 heteroatoms. The van der Waals surface area contributed by atoms with Gasteiger partial charge in [-0.2, -0.15) is 0 Å². The number of aliphatic hydroxyl groups excluding tert-OH is 1. The summed E-state index contributed by atoms with van der Waals surface area (Å²) >= 11 is 0. The molecule has 0 radical (unpaired) electrons. The smallest absolute Gasteiger partial charge is 0.102 e. The largest absolute Gasteiger partial charge is 0.386 e. The molecular weight excluding hydrogens is 176 g/mol. The molecule has 14 heavy (non-hydrogen) atoms. The van der Waals surface area contributed by atoms with E-state index < -0.39 is 6.10 Å². The van der Waals surface area contributed by atoms with Gasteiger partial charge in [-0.3, -0.25) is 0 Å². The summed E-state index contributed by atoms with van der Waals surface area (Å²) in [4.78, 5) is 0. The zero-order valence-corrected chi connectivity index (χ0v) is 9.08. The molecule has 78 valence electrons. The van der Waals surface area contributed by atoms with E-state index in [0.29, 0.717) is 13.2 Å². The Labute approximate surface area is 85.5 Å². The fourth-order valence-electron chi connectivity index (χ4n) is 1.53. The van der Waals surface area contributed by atoms with E-state index in [2.05, 4.69) is 6.07 Å². The number of hydrogen-bond donors (Lipinski definition) is 1.